The van der Waals surface area contributed by atoms with Crippen LogP contribution in [0.2, 0.25) is 0 Å². The molecule has 9 heteroatoms. The number of aliphatic hydroxyl groups excluding tert-OH is 1. The van der Waals surface area contributed by atoms with E-state index in [4.69, 9.17) is 15.6 Å². The van der Waals surface area contributed by atoms with Gasteiger partial charge in [-0.2, -0.15) is 5.10 Å². The number of carboxylic acid groups (broad SMARTS) is 1. The van der Waals surface area contributed by atoms with Gasteiger partial charge in [0.1, 0.15) is 18.2 Å². The van der Waals surface area contributed by atoms with Crippen molar-refractivity contribution < 1.29 is 19.7 Å². The number of rotatable bonds is 9. The van der Waals surface area contributed by atoms with Gasteiger partial charge in [0.05, 0.1) is 30.3 Å². The number of hydrogen-bond donors (Lipinski definition) is 3. The molecule has 1 fully saturated rings. The van der Waals surface area contributed by atoms with Crippen molar-refractivity contribution in [2.45, 2.75) is 19.1 Å². The molecule has 39 heavy (non-hydrogen) atoms. The third-order valence-corrected chi connectivity index (χ3v) is 7.33. The fourth-order valence-electron chi connectivity index (χ4n) is 5.37. The normalized spacial score (nSPS) is 14.1. The lowest BCUT2D eigenvalue weighted by atomic mass is 9.97. The Hall–Kier alpha value is -4.47. The molecular weight excluding hydrogens is 494 g/mol. The molecular formula is C30H29N5O4. The number of benzene rings is 3. The number of nitrogen functional groups attached to an aromatic ring is 1. The van der Waals surface area contributed by atoms with Crippen molar-refractivity contribution in [2.24, 2.45) is 0 Å². The van der Waals surface area contributed by atoms with Gasteiger partial charge in [-0.3, -0.25) is 14.4 Å². The summed E-state index contributed by atoms with van der Waals surface area (Å²) in [5.41, 5.74) is 10.6. The Morgan fingerprint density at radius 2 is 1.87 bits per heavy atom. The maximum absolute atomic E-state index is 11.4. The van der Waals surface area contributed by atoms with Crippen LogP contribution in [0.4, 0.5) is 5.82 Å². The molecule has 3 aromatic carbocycles. The number of ether oxygens (including phenoxy) is 1. The Kier molecular flexibility index (Phi) is 6.60. The van der Waals surface area contributed by atoms with Crippen molar-refractivity contribution in [3.8, 4) is 16.9 Å². The molecule has 198 valence electrons. The van der Waals surface area contributed by atoms with Crippen LogP contribution in [0.25, 0.3) is 32.8 Å². The quantitative estimate of drug-likeness (QED) is 0.266. The Morgan fingerprint density at radius 3 is 2.69 bits per heavy atom. The van der Waals surface area contributed by atoms with Gasteiger partial charge in [0, 0.05) is 42.2 Å². The minimum absolute atomic E-state index is 0.113. The van der Waals surface area contributed by atoms with Crippen LogP contribution in [0.5, 0.6) is 5.75 Å². The minimum atomic E-state index is -0.907. The Morgan fingerprint density at radius 1 is 1.03 bits per heavy atom. The van der Waals surface area contributed by atoms with E-state index < -0.39 is 5.97 Å². The van der Waals surface area contributed by atoms with Gasteiger partial charge >= 0.3 is 5.97 Å². The maximum Gasteiger partial charge on any atom is 0.307 e. The summed E-state index contributed by atoms with van der Waals surface area (Å²) in [4.78, 5) is 17.8. The highest BCUT2D eigenvalue weighted by molar-refractivity contribution is 6.02. The van der Waals surface area contributed by atoms with E-state index >= 15 is 0 Å². The molecule has 2 aromatic heterocycles. The molecule has 9 nitrogen and oxygen atoms in total. The number of aliphatic hydroxyl groups is 1. The van der Waals surface area contributed by atoms with Crippen molar-refractivity contribution in [1.29, 1.82) is 0 Å². The molecule has 3 heterocycles. The highest BCUT2D eigenvalue weighted by Crippen LogP contribution is 2.35. The second-order valence-electron chi connectivity index (χ2n) is 9.82. The van der Waals surface area contributed by atoms with Crippen LogP contribution in [-0.4, -0.2) is 62.1 Å². The summed E-state index contributed by atoms with van der Waals surface area (Å²) in [6, 6.07) is 21.6. The van der Waals surface area contributed by atoms with Crippen molar-refractivity contribution in [2.75, 3.05) is 32.0 Å². The number of aliphatic carboxylic acids is 1. The summed E-state index contributed by atoms with van der Waals surface area (Å²) >= 11 is 0. The Bertz CT molecular complexity index is 1680. The minimum Gasteiger partial charge on any atom is -0.487 e. The van der Waals surface area contributed by atoms with E-state index in [0.717, 1.165) is 51.6 Å². The number of aromatic nitrogens is 3. The molecule has 1 aliphatic rings. The van der Waals surface area contributed by atoms with Crippen LogP contribution in [0.1, 0.15) is 17.3 Å². The number of para-hydroxylation sites is 1. The first-order valence-corrected chi connectivity index (χ1v) is 12.9. The second-order valence-corrected chi connectivity index (χ2v) is 9.82. The molecule has 0 unspecified atom stereocenters. The number of hydrogen-bond acceptors (Lipinski definition) is 7. The lowest BCUT2D eigenvalue weighted by molar-refractivity contribution is -0.136. The van der Waals surface area contributed by atoms with E-state index in [0.29, 0.717) is 23.7 Å². The Balaban J connectivity index is 1.41. The molecule has 0 saturated carbocycles. The zero-order valence-electron chi connectivity index (χ0n) is 21.3. The summed E-state index contributed by atoms with van der Waals surface area (Å²) in [5.74, 6) is 0.134. The number of nitrogens with two attached hydrogens (primary N) is 1. The SMILES string of the molecule is Nc1nccc2c(-c3ccc4nn(C5CN(CCO)C5)c(COc5ccccc5CC(=O)O)c4c3)cccc12. The first-order chi connectivity index (χ1) is 19.0. The van der Waals surface area contributed by atoms with Gasteiger partial charge in [-0.25, -0.2) is 4.98 Å². The average Bonchev–Trinajstić information content (AvgIpc) is 3.26. The number of carboxylic acids is 1. The standard InChI is InChI=1S/C30H29N5O4/c31-30-24-6-3-5-22(23(24)10-11-32-30)19-8-9-26-25(14-19)27(35(33-26)21-16-34(17-21)12-13-36)18-39-28-7-2-1-4-20(28)15-29(37)38/h1-11,14,21,36H,12-13,15-18H2,(H2,31,32)(H,37,38). The summed E-state index contributed by atoms with van der Waals surface area (Å²) in [6.07, 6.45) is 1.61. The van der Waals surface area contributed by atoms with E-state index in [1.54, 1.807) is 18.3 Å². The van der Waals surface area contributed by atoms with Crippen LogP contribution in [0, 0.1) is 0 Å². The van der Waals surface area contributed by atoms with E-state index in [2.05, 4.69) is 28.1 Å². The molecule has 0 spiro atoms. The fourth-order valence-corrected chi connectivity index (χ4v) is 5.37. The number of fused-ring (bicyclic) bond motifs is 2. The van der Waals surface area contributed by atoms with Crippen LogP contribution < -0.4 is 10.5 Å². The number of nitrogens with zero attached hydrogens (tertiary/aromatic N) is 4. The van der Waals surface area contributed by atoms with Crippen LogP contribution in [0.15, 0.2) is 72.9 Å². The fraction of sp³-hybridized carbons (Fsp3) is 0.233. The number of β-amino-alcohol motifs (C(OH)–C–C–N with tert-alkyl or cyclic N) is 1. The van der Waals surface area contributed by atoms with Crippen molar-refractivity contribution >= 4 is 33.5 Å². The third-order valence-electron chi connectivity index (χ3n) is 7.33. The zero-order chi connectivity index (χ0) is 26.9. The van der Waals surface area contributed by atoms with Gasteiger partial charge in [0.15, 0.2) is 0 Å². The number of anilines is 1. The average molecular weight is 524 g/mol. The topological polar surface area (TPSA) is 127 Å². The van der Waals surface area contributed by atoms with E-state index in [-0.39, 0.29) is 25.7 Å². The van der Waals surface area contributed by atoms with E-state index in [1.165, 1.54) is 0 Å². The third kappa shape index (κ3) is 4.78. The summed E-state index contributed by atoms with van der Waals surface area (Å²) < 4.78 is 8.29. The monoisotopic (exact) mass is 523 g/mol. The maximum atomic E-state index is 11.4. The first-order valence-electron chi connectivity index (χ1n) is 12.9. The van der Waals surface area contributed by atoms with Gasteiger partial charge in [0.25, 0.3) is 0 Å². The molecule has 0 aliphatic carbocycles. The van der Waals surface area contributed by atoms with E-state index in [9.17, 15) is 15.0 Å². The molecule has 6 rings (SSSR count). The van der Waals surface area contributed by atoms with E-state index in [1.807, 2.05) is 41.1 Å². The molecule has 4 N–H and O–H groups in total. The molecule has 0 bridgehead atoms. The summed E-state index contributed by atoms with van der Waals surface area (Å²) in [6.45, 7) is 2.58. The second kappa shape index (κ2) is 10.4. The first kappa shape index (κ1) is 24.8. The van der Waals surface area contributed by atoms with Crippen molar-refractivity contribution in [3.63, 3.8) is 0 Å². The summed E-state index contributed by atoms with van der Waals surface area (Å²) in [7, 11) is 0. The zero-order valence-corrected chi connectivity index (χ0v) is 21.3. The van der Waals surface area contributed by atoms with Crippen LogP contribution >= 0.6 is 0 Å². The molecule has 0 radical (unpaired) electrons. The molecule has 0 atom stereocenters. The predicted octanol–water partition coefficient (Wildman–Crippen LogP) is 3.89. The lowest BCUT2D eigenvalue weighted by Crippen LogP contribution is -2.49. The lowest BCUT2D eigenvalue weighted by Gasteiger charge is -2.39. The van der Waals surface area contributed by atoms with Crippen LogP contribution in [-0.2, 0) is 17.8 Å². The van der Waals surface area contributed by atoms with Crippen LogP contribution in [0.3, 0.4) is 0 Å². The van der Waals surface area contributed by atoms with Gasteiger partial charge in [-0.1, -0.05) is 42.5 Å². The molecule has 1 aliphatic heterocycles. The predicted molar refractivity (Wildman–Crippen MR) is 150 cm³/mol. The highest BCUT2D eigenvalue weighted by Gasteiger charge is 2.31. The van der Waals surface area contributed by atoms with Gasteiger partial charge in [0.2, 0.25) is 0 Å². The molecule has 1 saturated heterocycles. The number of carbonyl (C=O) groups is 1. The van der Waals surface area contributed by atoms with Crippen molar-refractivity contribution in [3.05, 3.63) is 84.2 Å². The van der Waals surface area contributed by atoms with Gasteiger partial charge in [-0.15, -0.1) is 0 Å². The smallest absolute Gasteiger partial charge is 0.307 e. The Labute approximate surface area is 225 Å². The number of likely N-dealkylation sites (tertiary alicyclic amines) is 1. The molecule has 5 aromatic rings. The summed E-state index contributed by atoms with van der Waals surface area (Å²) in [5, 5.41) is 26.5. The molecule has 0 amide bonds. The largest absolute Gasteiger partial charge is 0.487 e. The van der Waals surface area contributed by atoms with Gasteiger partial charge < -0.3 is 20.7 Å². The van der Waals surface area contributed by atoms with Gasteiger partial charge in [-0.05, 0) is 40.8 Å². The number of pyridine rings is 1. The van der Waals surface area contributed by atoms with Crippen molar-refractivity contribution in [1.82, 2.24) is 19.7 Å². The highest BCUT2D eigenvalue weighted by atomic mass is 16.5.